The Morgan fingerprint density at radius 1 is 1.29 bits per heavy atom. The fourth-order valence-electron chi connectivity index (χ4n) is 1.61. The lowest BCUT2D eigenvalue weighted by atomic mass is 10.0. The summed E-state index contributed by atoms with van der Waals surface area (Å²) in [7, 11) is 1.62. The first kappa shape index (κ1) is 14.0. The summed E-state index contributed by atoms with van der Waals surface area (Å²) in [5, 5.41) is 21.9. The Bertz CT molecular complexity index is 313. The van der Waals surface area contributed by atoms with Crippen molar-refractivity contribution in [1.29, 1.82) is 0 Å². The molecule has 2 atom stereocenters. The predicted molar refractivity (Wildman–Crippen MR) is 67.1 cm³/mol. The van der Waals surface area contributed by atoms with Crippen molar-refractivity contribution in [3.63, 3.8) is 0 Å². The quantitative estimate of drug-likeness (QED) is 0.623. The standard InChI is InChI=1S/C13H21NO3/c1-10(14-8-3-9-15)13(16)11-4-6-12(17-2)7-5-11/h4-7,10,13-16H,3,8-9H2,1-2H3. The molecule has 17 heavy (non-hydrogen) atoms. The number of aliphatic hydroxyl groups excluding tert-OH is 2. The first-order chi connectivity index (χ1) is 8.19. The van der Waals surface area contributed by atoms with Crippen LogP contribution in [0.4, 0.5) is 0 Å². The van der Waals surface area contributed by atoms with Crippen LogP contribution >= 0.6 is 0 Å². The number of nitrogens with one attached hydrogen (secondary N) is 1. The van der Waals surface area contributed by atoms with Gasteiger partial charge in [0.05, 0.1) is 13.2 Å². The van der Waals surface area contributed by atoms with Crippen molar-refractivity contribution >= 4 is 0 Å². The number of hydrogen-bond donors (Lipinski definition) is 3. The topological polar surface area (TPSA) is 61.7 Å². The molecule has 4 nitrogen and oxygen atoms in total. The molecule has 0 spiro atoms. The Balaban J connectivity index is 2.52. The van der Waals surface area contributed by atoms with Crippen LogP contribution in [0.1, 0.15) is 25.0 Å². The molecular formula is C13H21NO3. The van der Waals surface area contributed by atoms with Gasteiger partial charge in [0.25, 0.3) is 0 Å². The monoisotopic (exact) mass is 239 g/mol. The third-order valence-electron chi connectivity index (χ3n) is 2.73. The maximum Gasteiger partial charge on any atom is 0.118 e. The average molecular weight is 239 g/mol. The largest absolute Gasteiger partial charge is 0.497 e. The van der Waals surface area contributed by atoms with Gasteiger partial charge in [-0.05, 0) is 37.6 Å². The lowest BCUT2D eigenvalue weighted by Crippen LogP contribution is -2.33. The lowest BCUT2D eigenvalue weighted by molar-refractivity contribution is 0.134. The molecule has 0 aliphatic heterocycles. The van der Waals surface area contributed by atoms with E-state index in [2.05, 4.69) is 5.32 Å². The molecule has 0 fully saturated rings. The minimum Gasteiger partial charge on any atom is -0.497 e. The molecule has 3 N–H and O–H groups in total. The van der Waals surface area contributed by atoms with Crippen LogP contribution in [-0.4, -0.2) is 36.5 Å². The molecule has 1 aromatic carbocycles. The maximum atomic E-state index is 10.1. The first-order valence-corrected chi connectivity index (χ1v) is 5.85. The molecule has 1 rings (SSSR count). The van der Waals surface area contributed by atoms with Crippen LogP contribution < -0.4 is 10.1 Å². The third-order valence-corrected chi connectivity index (χ3v) is 2.73. The highest BCUT2D eigenvalue weighted by atomic mass is 16.5. The van der Waals surface area contributed by atoms with Gasteiger partial charge in [-0.25, -0.2) is 0 Å². The van der Waals surface area contributed by atoms with Gasteiger partial charge in [0, 0.05) is 12.6 Å². The number of rotatable bonds is 7. The highest BCUT2D eigenvalue weighted by Gasteiger charge is 2.15. The van der Waals surface area contributed by atoms with Gasteiger partial charge in [0.15, 0.2) is 0 Å². The third kappa shape index (κ3) is 4.34. The van der Waals surface area contributed by atoms with Gasteiger partial charge in [0.1, 0.15) is 5.75 Å². The van der Waals surface area contributed by atoms with E-state index in [0.29, 0.717) is 13.0 Å². The van der Waals surface area contributed by atoms with Gasteiger partial charge in [-0.1, -0.05) is 12.1 Å². The van der Waals surface area contributed by atoms with Crippen molar-refractivity contribution in [2.24, 2.45) is 0 Å². The summed E-state index contributed by atoms with van der Waals surface area (Å²) >= 11 is 0. The van der Waals surface area contributed by atoms with Crippen molar-refractivity contribution < 1.29 is 14.9 Å². The SMILES string of the molecule is COc1ccc(C(O)C(C)NCCCO)cc1. The molecule has 0 aliphatic rings. The average Bonchev–Trinajstić information content (AvgIpc) is 2.38. The van der Waals surface area contributed by atoms with Crippen LogP contribution in [0.5, 0.6) is 5.75 Å². The smallest absolute Gasteiger partial charge is 0.118 e. The summed E-state index contributed by atoms with van der Waals surface area (Å²) in [5.41, 5.74) is 0.856. The molecule has 0 radical (unpaired) electrons. The van der Waals surface area contributed by atoms with Crippen LogP contribution in [0.2, 0.25) is 0 Å². The summed E-state index contributed by atoms with van der Waals surface area (Å²) in [6.07, 6.45) is 0.138. The zero-order chi connectivity index (χ0) is 12.7. The van der Waals surface area contributed by atoms with E-state index in [9.17, 15) is 5.11 Å². The molecular weight excluding hydrogens is 218 g/mol. The zero-order valence-electron chi connectivity index (χ0n) is 10.4. The van der Waals surface area contributed by atoms with E-state index in [0.717, 1.165) is 11.3 Å². The second-order valence-corrected chi connectivity index (χ2v) is 4.04. The molecule has 0 heterocycles. The fraction of sp³-hybridized carbons (Fsp3) is 0.538. The van der Waals surface area contributed by atoms with Gasteiger partial charge >= 0.3 is 0 Å². The van der Waals surface area contributed by atoms with E-state index in [-0.39, 0.29) is 12.6 Å². The van der Waals surface area contributed by atoms with Crippen LogP contribution in [0.3, 0.4) is 0 Å². The van der Waals surface area contributed by atoms with E-state index in [4.69, 9.17) is 9.84 Å². The van der Waals surface area contributed by atoms with Gasteiger partial charge < -0.3 is 20.3 Å². The lowest BCUT2D eigenvalue weighted by Gasteiger charge is -2.20. The van der Waals surface area contributed by atoms with Crippen LogP contribution in [0.15, 0.2) is 24.3 Å². The molecule has 4 heteroatoms. The van der Waals surface area contributed by atoms with Crippen LogP contribution in [-0.2, 0) is 0 Å². The van der Waals surface area contributed by atoms with Crippen molar-refractivity contribution in [3.8, 4) is 5.75 Å². The molecule has 0 bridgehead atoms. The summed E-state index contributed by atoms with van der Waals surface area (Å²) in [6.45, 7) is 2.79. The molecule has 2 unspecified atom stereocenters. The van der Waals surface area contributed by atoms with Gasteiger partial charge in [-0.3, -0.25) is 0 Å². The predicted octanol–water partition coefficient (Wildman–Crippen LogP) is 1.09. The summed E-state index contributed by atoms with van der Waals surface area (Å²) < 4.78 is 5.06. The zero-order valence-corrected chi connectivity index (χ0v) is 10.4. The minimum atomic E-state index is -0.556. The first-order valence-electron chi connectivity index (χ1n) is 5.85. The highest BCUT2D eigenvalue weighted by molar-refractivity contribution is 5.28. The Morgan fingerprint density at radius 3 is 2.47 bits per heavy atom. The van der Waals surface area contributed by atoms with Crippen molar-refractivity contribution in [1.82, 2.24) is 5.32 Å². The van der Waals surface area contributed by atoms with Crippen molar-refractivity contribution in [3.05, 3.63) is 29.8 Å². The highest BCUT2D eigenvalue weighted by Crippen LogP contribution is 2.19. The Hall–Kier alpha value is -1.10. The molecule has 0 saturated heterocycles. The van der Waals surface area contributed by atoms with E-state index >= 15 is 0 Å². The van der Waals surface area contributed by atoms with Crippen molar-refractivity contribution in [2.75, 3.05) is 20.3 Å². The van der Waals surface area contributed by atoms with E-state index in [1.807, 2.05) is 31.2 Å². The summed E-state index contributed by atoms with van der Waals surface area (Å²) in [6, 6.07) is 7.33. The molecule has 0 amide bonds. The molecule has 0 aromatic heterocycles. The van der Waals surface area contributed by atoms with E-state index in [1.165, 1.54) is 0 Å². The van der Waals surface area contributed by atoms with Crippen LogP contribution in [0, 0.1) is 0 Å². The fourth-order valence-corrected chi connectivity index (χ4v) is 1.61. The van der Waals surface area contributed by atoms with Crippen molar-refractivity contribution in [2.45, 2.75) is 25.5 Å². The maximum absolute atomic E-state index is 10.1. The Kier molecular flexibility index (Phi) is 5.97. The normalized spacial score (nSPS) is 14.4. The minimum absolute atomic E-state index is 0.0463. The van der Waals surface area contributed by atoms with Crippen LogP contribution in [0.25, 0.3) is 0 Å². The molecule has 0 saturated carbocycles. The number of benzene rings is 1. The number of methoxy groups -OCH3 is 1. The number of aliphatic hydroxyl groups is 2. The molecule has 1 aromatic rings. The van der Waals surface area contributed by atoms with Gasteiger partial charge in [0.2, 0.25) is 0 Å². The number of ether oxygens (including phenoxy) is 1. The van der Waals surface area contributed by atoms with E-state index in [1.54, 1.807) is 7.11 Å². The number of hydrogen-bond acceptors (Lipinski definition) is 4. The summed E-state index contributed by atoms with van der Waals surface area (Å²) in [5.74, 6) is 0.779. The Morgan fingerprint density at radius 2 is 1.94 bits per heavy atom. The van der Waals surface area contributed by atoms with E-state index < -0.39 is 6.10 Å². The molecule has 0 aliphatic carbocycles. The Labute approximate surface area is 102 Å². The van der Waals surface area contributed by atoms with Gasteiger partial charge in [-0.15, -0.1) is 0 Å². The molecule has 96 valence electrons. The second kappa shape index (κ2) is 7.27. The van der Waals surface area contributed by atoms with Gasteiger partial charge in [-0.2, -0.15) is 0 Å². The summed E-state index contributed by atoms with van der Waals surface area (Å²) in [4.78, 5) is 0. The second-order valence-electron chi connectivity index (χ2n) is 4.04.